The van der Waals surface area contributed by atoms with Crippen molar-refractivity contribution in [2.45, 2.75) is 0 Å². The van der Waals surface area contributed by atoms with Crippen LogP contribution in [0.1, 0.15) is 5.56 Å². The third kappa shape index (κ3) is 3.33. The molecule has 0 aliphatic carbocycles. The fourth-order valence-electron chi connectivity index (χ4n) is 2.38. The van der Waals surface area contributed by atoms with Crippen LogP contribution < -0.4 is 15.0 Å². The minimum atomic E-state index is -0.566. The van der Waals surface area contributed by atoms with Crippen LogP contribution in [0.3, 0.4) is 0 Å². The van der Waals surface area contributed by atoms with Crippen molar-refractivity contribution >= 4 is 51.2 Å². The van der Waals surface area contributed by atoms with Crippen molar-refractivity contribution in [1.29, 1.82) is 0 Å². The van der Waals surface area contributed by atoms with Gasteiger partial charge in [-0.2, -0.15) is 0 Å². The van der Waals surface area contributed by atoms with Crippen LogP contribution in [0.15, 0.2) is 46.6 Å². The van der Waals surface area contributed by atoms with Gasteiger partial charge in [-0.15, -0.1) is 0 Å². The maximum Gasteiger partial charge on any atom is 0.333 e. The van der Waals surface area contributed by atoms with Gasteiger partial charge in [0.05, 0.1) is 17.3 Å². The number of methoxy groups -OCH3 is 1. The molecule has 0 unspecified atom stereocenters. The monoisotopic (exact) mass is 422 g/mol. The Morgan fingerprint density at radius 3 is 2.72 bits per heavy atom. The van der Waals surface area contributed by atoms with E-state index in [9.17, 15) is 14.7 Å². The summed E-state index contributed by atoms with van der Waals surface area (Å²) in [5, 5.41) is 12.8. The quantitative estimate of drug-likeness (QED) is 0.579. The molecule has 128 valence electrons. The number of nitrogens with zero attached hydrogens (tertiary/aromatic N) is 1. The number of ether oxygens (including phenoxy) is 1. The summed E-state index contributed by atoms with van der Waals surface area (Å²) < 4.78 is 5.48. The Morgan fingerprint density at radius 1 is 1.28 bits per heavy atom. The number of benzene rings is 2. The van der Waals surface area contributed by atoms with Crippen molar-refractivity contribution in [1.82, 2.24) is 5.32 Å². The van der Waals surface area contributed by atoms with Gasteiger partial charge in [-0.25, -0.2) is 9.69 Å². The number of urea groups is 1. The normalized spacial score (nSPS) is 15.6. The first-order valence-corrected chi connectivity index (χ1v) is 8.27. The fourth-order valence-corrected chi connectivity index (χ4v) is 3.03. The zero-order valence-corrected chi connectivity index (χ0v) is 15.3. The highest BCUT2D eigenvalue weighted by molar-refractivity contribution is 9.10. The van der Waals surface area contributed by atoms with Crippen LogP contribution in [0.5, 0.6) is 11.5 Å². The minimum absolute atomic E-state index is 0.0491. The Hall–Kier alpha value is -2.51. The van der Waals surface area contributed by atoms with Gasteiger partial charge in [0.2, 0.25) is 0 Å². The number of carbonyl (C=O) groups excluding carboxylic acids is 2. The number of amides is 3. The van der Waals surface area contributed by atoms with Crippen LogP contribution in [-0.4, -0.2) is 24.2 Å². The average molecular weight is 424 g/mol. The van der Waals surface area contributed by atoms with E-state index >= 15 is 0 Å². The van der Waals surface area contributed by atoms with Crippen LogP contribution in [0.25, 0.3) is 6.08 Å². The van der Waals surface area contributed by atoms with E-state index in [1.807, 2.05) is 0 Å². The molecule has 0 spiro atoms. The molecule has 1 aliphatic rings. The third-order valence-corrected chi connectivity index (χ3v) is 4.37. The van der Waals surface area contributed by atoms with E-state index in [4.69, 9.17) is 16.3 Å². The largest absolute Gasteiger partial charge is 0.503 e. The lowest BCUT2D eigenvalue weighted by atomic mass is 10.1. The molecule has 1 fully saturated rings. The molecular formula is C17H12BrClN2O4. The molecule has 2 aromatic rings. The Bertz CT molecular complexity index is 914. The number of imide groups is 1. The number of nitrogens with one attached hydrogen (secondary N) is 1. The van der Waals surface area contributed by atoms with E-state index in [-0.39, 0.29) is 17.2 Å². The standard InChI is InChI=1S/C17H12BrClN2O4/c1-25-14-7-9(5-12(18)15(14)22)6-13-16(23)21(17(24)20-13)11-4-2-3-10(19)8-11/h2-8,22H,1H3,(H,20,24). The second-order valence-corrected chi connectivity index (χ2v) is 6.45. The Morgan fingerprint density at radius 2 is 2.04 bits per heavy atom. The Kier molecular flexibility index (Phi) is 4.69. The predicted octanol–water partition coefficient (Wildman–Crippen LogP) is 3.91. The van der Waals surface area contributed by atoms with Crippen molar-refractivity contribution in [2.24, 2.45) is 0 Å². The maximum absolute atomic E-state index is 12.6. The highest BCUT2D eigenvalue weighted by Gasteiger charge is 2.35. The lowest BCUT2D eigenvalue weighted by molar-refractivity contribution is -0.113. The van der Waals surface area contributed by atoms with Gasteiger partial charge < -0.3 is 15.2 Å². The van der Waals surface area contributed by atoms with Crippen molar-refractivity contribution in [2.75, 3.05) is 12.0 Å². The van der Waals surface area contributed by atoms with Gasteiger partial charge in [0, 0.05) is 5.02 Å². The lowest BCUT2D eigenvalue weighted by Gasteiger charge is -2.11. The molecule has 0 aromatic heterocycles. The maximum atomic E-state index is 12.6. The summed E-state index contributed by atoms with van der Waals surface area (Å²) in [6.07, 6.45) is 1.50. The zero-order valence-electron chi connectivity index (χ0n) is 12.9. The molecule has 8 heteroatoms. The van der Waals surface area contributed by atoms with E-state index in [0.717, 1.165) is 4.90 Å². The number of hydrogen-bond acceptors (Lipinski definition) is 4. The average Bonchev–Trinajstić information content (AvgIpc) is 2.84. The van der Waals surface area contributed by atoms with Crippen LogP contribution in [0.2, 0.25) is 5.02 Å². The zero-order chi connectivity index (χ0) is 18.1. The lowest BCUT2D eigenvalue weighted by Crippen LogP contribution is -2.30. The number of aromatic hydroxyl groups is 1. The van der Waals surface area contributed by atoms with E-state index in [2.05, 4.69) is 21.2 Å². The molecule has 0 atom stereocenters. The number of hydrogen-bond donors (Lipinski definition) is 2. The van der Waals surface area contributed by atoms with Crippen molar-refractivity contribution in [3.8, 4) is 11.5 Å². The first-order chi connectivity index (χ1) is 11.9. The number of phenolic OH excluding ortho intramolecular Hbond substituents is 1. The summed E-state index contributed by atoms with van der Waals surface area (Å²) in [5.41, 5.74) is 1.05. The number of rotatable bonds is 3. The first-order valence-electron chi connectivity index (χ1n) is 7.10. The molecule has 6 nitrogen and oxygen atoms in total. The molecule has 2 aromatic carbocycles. The summed E-state index contributed by atoms with van der Waals surface area (Å²) >= 11 is 9.14. The van der Waals surface area contributed by atoms with Crippen LogP contribution in [0, 0.1) is 0 Å². The van der Waals surface area contributed by atoms with E-state index in [1.165, 1.54) is 19.3 Å². The molecule has 1 heterocycles. The summed E-state index contributed by atoms with van der Waals surface area (Å²) in [6, 6.07) is 9.04. The van der Waals surface area contributed by atoms with Gasteiger partial charge in [0.15, 0.2) is 11.5 Å². The Balaban J connectivity index is 1.97. The predicted molar refractivity (Wildman–Crippen MR) is 97.8 cm³/mol. The van der Waals surface area contributed by atoms with E-state index in [1.54, 1.807) is 30.3 Å². The number of anilines is 1. The Labute approximate surface area is 156 Å². The van der Waals surface area contributed by atoms with Crippen molar-refractivity contribution < 1.29 is 19.4 Å². The van der Waals surface area contributed by atoms with Gasteiger partial charge in [-0.3, -0.25) is 4.79 Å². The summed E-state index contributed by atoms with van der Waals surface area (Å²) in [4.78, 5) is 25.8. The second-order valence-electron chi connectivity index (χ2n) is 5.16. The number of phenols is 1. The van der Waals surface area contributed by atoms with Gasteiger partial charge >= 0.3 is 6.03 Å². The molecule has 0 bridgehead atoms. The highest BCUT2D eigenvalue weighted by Crippen LogP contribution is 2.36. The second kappa shape index (κ2) is 6.78. The minimum Gasteiger partial charge on any atom is -0.503 e. The third-order valence-electron chi connectivity index (χ3n) is 3.53. The molecule has 1 aliphatic heterocycles. The van der Waals surface area contributed by atoms with Gasteiger partial charge in [0.1, 0.15) is 5.70 Å². The molecule has 0 saturated carbocycles. The van der Waals surface area contributed by atoms with Crippen molar-refractivity contribution in [3.63, 3.8) is 0 Å². The molecule has 3 amide bonds. The van der Waals surface area contributed by atoms with Crippen LogP contribution >= 0.6 is 27.5 Å². The molecule has 25 heavy (non-hydrogen) atoms. The summed E-state index contributed by atoms with van der Waals surface area (Å²) in [6.45, 7) is 0. The van der Waals surface area contributed by atoms with Crippen molar-refractivity contribution in [3.05, 3.63) is 57.2 Å². The summed E-state index contributed by atoms with van der Waals surface area (Å²) in [7, 11) is 1.42. The molecular weight excluding hydrogens is 412 g/mol. The number of halogens is 2. The molecule has 3 rings (SSSR count). The molecule has 1 saturated heterocycles. The van der Waals surface area contributed by atoms with Gasteiger partial charge in [0.25, 0.3) is 5.91 Å². The molecule has 2 N–H and O–H groups in total. The summed E-state index contributed by atoms with van der Waals surface area (Å²) in [5.74, 6) is -0.313. The molecule has 0 radical (unpaired) electrons. The fraction of sp³-hybridized carbons (Fsp3) is 0.0588. The van der Waals surface area contributed by atoms with E-state index < -0.39 is 11.9 Å². The van der Waals surface area contributed by atoms with Crippen LogP contribution in [-0.2, 0) is 4.79 Å². The van der Waals surface area contributed by atoms with Crippen LogP contribution in [0.4, 0.5) is 10.5 Å². The van der Waals surface area contributed by atoms with E-state index in [0.29, 0.717) is 20.7 Å². The first kappa shape index (κ1) is 17.3. The van der Waals surface area contributed by atoms with Gasteiger partial charge in [-0.1, -0.05) is 17.7 Å². The van der Waals surface area contributed by atoms with Gasteiger partial charge in [-0.05, 0) is 57.9 Å². The number of carbonyl (C=O) groups is 2. The topological polar surface area (TPSA) is 78.9 Å². The SMILES string of the molecule is COc1cc(C=C2NC(=O)N(c3cccc(Cl)c3)C2=O)cc(Br)c1O. The smallest absolute Gasteiger partial charge is 0.333 e. The highest BCUT2D eigenvalue weighted by atomic mass is 79.9.